The molecule has 2 fully saturated rings. The summed E-state index contributed by atoms with van der Waals surface area (Å²) in [6, 6.07) is 6.56. The molecule has 4 rings (SSSR count). The van der Waals surface area contributed by atoms with Gasteiger partial charge in [-0.2, -0.15) is 0 Å². The molecule has 34 heavy (non-hydrogen) atoms. The Morgan fingerprint density at radius 1 is 1.18 bits per heavy atom. The van der Waals surface area contributed by atoms with Crippen LogP contribution in [0.5, 0.6) is 0 Å². The van der Waals surface area contributed by atoms with E-state index in [1.807, 2.05) is 0 Å². The van der Waals surface area contributed by atoms with E-state index >= 15 is 0 Å². The monoisotopic (exact) mass is 494 g/mol. The minimum atomic E-state index is -2.62. The molecule has 0 radical (unpaired) electrons. The molecule has 180 valence electrons. The molecule has 2 aliphatic rings. The minimum Gasteiger partial charge on any atom is -0.343 e. The number of carbonyl (C=O) groups is 3. The van der Waals surface area contributed by atoms with Crippen molar-refractivity contribution in [3.8, 4) is 0 Å². The van der Waals surface area contributed by atoms with E-state index in [2.05, 4.69) is 4.98 Å². The fraction of sp³-hybridized carbons (Fsp3) is 0.391. The number of anilines is 1. The number of halogens is 4. The van der Waals surface area contributed by atoms with E-state index in [9.17, 15) is 27.6 Å². The summed E-state index contributed by atoms with van der Waals surface area (Å²) in [5.41, 5.74) is -0.913. The standard InChI is InChI=1S/C23H22ClF3N4O3/c1-14(32)29-8-6-23(7-9-29)22(34)30(21-18(25)10-17(24)11-28-21)13-19(33)31(23)12-15-2-4-16(5-3-15)20(26)27/h2-5,10-11,20H,6-9,12-13H2,1H3. The second-order valence-corrected chi connectivity index (χ2v) is 8.85. The van der Waals surface area contributed by atoms with Crippen molar-refractivity contribution in [2.45, 2.75) is 38.3 Å². The molecule has 0 atom stereocenters. The molecule has 3 amide bonds. The van der Waals surface area contributed by atoms with Crippen LogP contribution in [-0.4, -0.2) is 57.7 Å². The molecule has 3 heterocycles. The summed E-state index contributed by atoms with van der Waals surface area (Å²) in [4.78, 5) is 46.9. The van der Waals surface area contributed by atoms with E-state index in [0.717, 1.165) is 11.0 Å². The van der Waals surface area contributed by atoms with Gasteiger partial charge in [0.1, 0.15) is 12.1 Å². The van der Waals surface area contributed by atoms with E-state index in [1.54, 1.807) is 4.90 Å². The molecule has 0 unspecified atom stereocenters. The molecular formula is C23H22ClF3N4O3. The van der Waals surface area contributed by atoms with Crippen LogP contribution >= 0.6 is 11.6 Å². The van der Waals surface area contributed by atoms with Crippen LogP contribution in [0.3, 0.4) is 0 Å². The van der Waals surface area contributed by atoms with Crippen molar-refractivity contribution in [2.24, 2.45) is 0 Å². The first kappa shape index (κ1) is 24.0. The van der Waals surface area contributed by atoms with E-state index in [1.165, 1.54) is 42.3 Å². The lowest BCUT2D eigenvalue weighted by Gasteiger charge is -2.52. The molecule has 7 nitrogen and oxygen atoms in total. The molecule has 0 N–H and O–H groups in total. The normalized spacial score (nSPS) is 18.2. The third-order valence-corrected chi connectivity index (χ3v) is 6.61. The molecular weight excluding hydrogens is 473 g/mol. The summed E-state index contributed by atoms with van der Waals surface area (Å²) in [5.74, 6) is -2.22. The van der Waals surface area contributed by atoms with Gasteiger partial charge < -0.3 is 9.80 Å². The van der Waals surface area contributed by atoms with E-state index in [0.29, 0.717) is 5.56 Å². The SMILES string of the molecule is CC(=O)N1CCC2(CC1)C(=O)N(c1ncc(Cl)cc1F)CC(=O)N2Cc1ccc(C(F)F)cc1. The number of aromatic nitrogens is 1. The maximum atomic E-state index is 14.6. The first-order chi connectivity index (χ1) is 16.1. The van der Waals surface area contributed by atoms with Gasteiger partial charge >= 0.3 is 0 Å². The highest BCUT2D eigenvalue weighted by molar-refractivity contribution is 6.30. The van der Waals surface area contributed by atoms with Gasteiger partial charge in [-0.25, -0.2) is 18.2 Å². The Kier molecular flexibility index (Phi) is 6.53. The average molecular weight is 495 g/mol. The zero-order chi connectivity index (χ0) is 24.6. The number of nitrogens with zero attached hydrogens (tertiary/aromatic N) is 4. The number of alkyl halides is 2. The first-order valence-electron chi connectivity index (χ1n) is 10.7. The van der Waals surface area contributed by atoms with E-state index < -0.39 is 36.1 Å². The Bertz CT molecular complexity index is 1120. The number of amides is 3. The van der Waals surface area contributed by atoms with Crippen LogP contribution in [-0.2, 0) is 20.9 Å². The van der Waals surface area contributed by atoms with Gasteiger partial charge in [-0.05, 0) is 24.5 Å². The van der Waals surface area contributed by atoms with Gasteiger partial charge in [-0.3, -0.25) is 19.3 Å². The number of hydrogen-bond acceptors (Lipinski definition) is 4. The highest BCUT2D eigenvalue weighted by Crippen LogP contribution is 2.38. The molecule has 1 spiro atoms. The second-order valence-electron chi connectivity index (χ2n) is 8.41. The van der Waals surface area contributed by atoms with Crippen molar-refractivity contribution >= 4 is 35.1 Å². The van der Waals surface area contributed by atoms with Crippen LogP contribution in [0.1, 0.15) is 37.3 Å². The molecule has 2 aliphatic heterocycles. The van der Waals surface area contributed by atoms with Crippen molar-refractivity contribution in [3.05, 3.63) is 58.5 Å². The Morgan fingerprint density at radius 2 is 1.82 bits per heavy atom. The number of pyridine rings is 1. The van der Waals surface area contributed by atoms with Gasteiger partial charge in [0, 0.05) is 38.3 Å². The van der Waals surface area contributed by atoms with Crippen LogP contribution < -0.4 is 4.90 Å². The molecule has 0 bridgehead atoms. The molecule has 1 aromatic heterocycles. The summed E-state index contributed by atoms with van der Waals surface area (Å²) in [7, 11) is 0. The predicted octanol–water partition coefficient (Wildman–Crippen LogP) is 3.57. The number of likely N-dealkylation sites (tertiary alicyclic amines) is 1. The van der Waals surface area contributed by atoms with Crippen molar-refractivity contribution in [3.63, 3.8) is 0 Å². The number of piperidine rings is 1. The van der Waals surface area contributed by atoms with Gasteiger partial charge in [0.15, 0.2) is 11.6 Å². The zero-order valence-corrected chi connectivity index (χ0v) is 19.1. The maximum Gasteiger partial charge on any atom is 0.263 e. The Hall–Kier alpha value is -3.14. The Labute approximate surface area is 199 Å². The number of carbonyl (C=O) groups excluding carboxylic acids is 3. The number of rotatable bonds is 4. The van der Waals surface area contributed by atoms with E-state index in [-0.39, 0.29) is 54.8 Å². The predicted molar refractivity (Wildman–Crippen MR) is 118 cm³/mol. The lowest BCUT2D eigenvalue weighted by atomic mass is 9.81. The zero-order valence-electron chi connectivity index (χ0n) is 18.3. The number of piperazine rings is 1. The quantitative estimate of drug-likeness (QED) is 0.651. The molecule has 1 aromatic carbocycles. The van der Waals surface area contributed by atoms with Gasteiger partial charge in [0.25, 0.3) is 12.3 Å². The molecule has 0 saturated carbocycles. The van der Waals surface area contributed by atoms with Crippen molar-refractivity contribution in [1.29, 1.82) is 0 Å². The summed E-state index contributed by atoms with van der Waals surface area (Å²) >= 11 is 5.79. The van der Waals surface area contributed by atoms with Crippen LogP contribution in [0.4, 0.5) is 19.0 Å². The lowest BCUT2D eigenvalue weighted by molar-refractivity contribution is -0.156. The highest BCUT2D eigenvalue weighted by atomic mass is 35.5. The third kappa shape index (κ3) is 4.34. The maximum absolute atomic E-state index is 14.6. The van der Waals surface area contributed by atoms with Crippen molar-refractivity contribution in [1.82, 2.24) is 14.8 Å². The molecule has 11 heteroatoms. The van der Waals surface area contributed by atoms with Gasteiger partial charge in [-0.15, -0.1) is 0 Å². The lowest BCUT2D eigenvalue weighted by Crippen LogP contribution is -2.71. The van der Waals surface area contributed by atoms with Crippen LogP contribution in [0.2, 0.25) is 5.02 Å². The van der Waals surface area contributed by atoms with Gasteiger partial charge in [-0.1, -0.05) is 35.9 Å². The topological polar surface area (TPSA) is 73.8 Å². The van der Waals surface area contributed by atoms with Crippen LogP contribution in [0.15, 0.2) is 36.5 Å². The average Bonchev–Trinajstić information content (AvgIpc) is 2.80. The van der Waals surface area contributed by atoms with Gasteiger partial charge in [0.05, 0.1) is 5.02 Å². The Balaban J connectivity index is 1.70. The van der Waals surface area contributed by atoms with E-state index in [4.69, 9.17) is 11.6 Å². The van der Waals surface area contributed by atoms with Crippen molar-refractivity contribution < 1.29 is 27.6 Å². The fourth-order valence-corrected chi connectivity index (χ4v) is 4.69. The summed E-state index contributed by atoms with van der Waals surface area (Å²) in [5, 5.41) is 0.0513. The number of hydrogen-bond donors (Lipinski definition) is 0. The van der Waals surface area contributed by atoms with Crippen LogP contribution in [0, 0.1) is 5.82 Å². The summed E-state index contributed by atoms with van der Waals surface area (Å²) < 4.78 is 40.5. The smallest absolute Gasteiger partial charge is 0.263 e. The third-order valence-electron chi connectivity index (χ3n) is 6.41. The molecule has 2 aromatic rings. The highest BCUT2D eigenvalue weighted by Gasteiger charge is 2.54. The van der Waals surface area contributed by atoms with Gasteiger partial charge in [0.2, 0.25) is 11.8 Å². The number of benzene rings is 1. The molecule has 2 saturated heterocycles. The first-order valence-corrected chi connectivity index (χ1v) is 11.1. The minimum absolute atomic E-state index is 0.0124. The second kappa shape index (κ2) is 9.25. The summed E-state index contributed by atoms with van der Waals surface area (Å²) in [6.07, 6.45) is -1.12. The van der Waals surface area contributed by atoms with Crippen molar-refractivity contribution in [2.75, 3.05) is 24.5 Å². The summed E-state index contributed by atoms with van der Waals surface area (Å²) in [6.45, 7) is 1.47. The van der Waals surface area contributed by atoms with Crippen LogP contribution in [0.25, 0.3) is 0 Å². The largest absolute Gasteiger partial charge is 0.343 e. The Morgan fingerprint density at radius 3 is 2.38 bits per heavy atom. The molecule has 0 aliphatic carbocycles. The fourth-order valence-electron chi connectivity index (χ4n) is 4.54.